The van der Waals surface area contributed by atoms with Crippen LogP contribution in [0.5, 0.6) is 5.75 Å². The molecule has 1 aromatic carbocycles. The van der Waals surface area contributed by atoms with Gasteiger partial charge in [0.15, 0.2) is 0 Å². The van der Waals surface area contributed by atoms with Crippen LogP contribution in [0.4, 0.5) is 0 Å². The number of fused-ring (bicyclic) bond motifs is 1. The Hall–Kier alpha value is -1.06. The normalized spacial score (nSPS) is 23.2. The molecule has 3 nitrogen and oxygen atoms in total. The van der Waals surface area contributed by atoms with Gasteiger partial charge in [-0.25, -0.2) is 0 Å². The van der Waals surface area contributed by atoms with Crippen molar-refractivity contribution >= 4 is 0 Å². The van der Waals surface area contributed by atoms with Gasteiger partial charge in [-0.2, -0.15) is 0 Å². The van der Waals surface area contributed by atoms with E-state index in [2.05, 4.69) is 28.8 Å². The summed E-state index contributed by atoms with van der Waals surface area (Å²) in [7, 11) is 0. The van der Waals surface area contributed by atoms with Crippen LogP contribution < -0.4 is 15.4 Å². The maximum atomic E-state index is 5.63. The maximum absolute atomic E-state index is 5.63. The molecule has 1 atom stereocenters. The van der Waals surface area contributed by atoms with Crippen molar-refractivity contribution in [2.75, 3.05) is 19.7 Å². The van der Waals surface area contributed by atoms with Crippen LogP contribution in [-0.4, -0.2) is 25.7 Å². The molecular formula is C14H20N2O. The van der Waals surface area contributed by atoms with Gasteiger partial charge in [0.25, 0.3) is 0 Å². The highest BCUT2D eigenvalue weighted by atomic mass is 16.5. The first kappa shape index (κ1) is 11.1. The molecule has 1 fully saturated rings. The fourth-order valence-corrected chi connectivity index (χ4v) is 2.61. The lowest BCUT2D eigenvalue weighted by molar-refractivity contribution is 0.288. The van der Waals surface area contributed by atoms with Gasteiger partial charge in [0.1, 0.15) is 5.75 Å². The third-order valence-electron chi connectivity index (χ3n) is 3.63. The van der Waals surface area contributed by atoms with Gasteiger partial charge in [0, 0.05) is 19.1 Å². The van der Waals surface area contributed by atoms with E-state index in [1.165, 1.54) is 17.5 Å². The highest BCUT2D eigenvalue weighted by Crippen LogP contribution is 2.25. The molecule has 1 saturated heterocycles. The summed E-state index contributed by atoms with van der Waals surface area (Å²) in [6.45, 7) is 4.10. The molecule has 0 aliphatic carbocycles. The summed E-state index contributed by atoms with van der Waals surface area (Å²) in [5.41, 5.74) is 2.75. The van der Waals surface area contributed by atoms with Crippen molar-refractivity contribution in [1.29, 1.82) is 0 Å². The van der Waals surface area contributed by atoms with Gasteiger partial charge in [-0.15, -0.1) is 0 Å². The maximum Gasteiger partial charge on any atom is 0.122 e. The average molecular weight is 232 g/mol. The Morgan fingerprint density at radius 1 is 1.41 bits per heavy atom. The molecule has 2 aliphatic rings. The van der Waals surface area contributed by atoms with Gasteiger partial charge in [-0.05, 0) is 43.0 Å². The number of benzene rings is 1. The third-order valence-corrected chi connectivity index (χ3v) is 3.63. The molecule has 0 bridgehead atoms. The zero-order valence-electron chi connectivity index (χ0n) is 10.2. The van der Waals surface area contributed by atoms with Crippen molar-refractivity contribution in [3.63, 3.8) is 0 Å². The molecular weight excluding hydrogens is 212 g/mol. The first-order valence-electron chi connectivity index (χ1n) is 6.60. The standard InChI is InChI=1S/C14H20N2O/c1-2-12-8-11(3-4-14(12)17-7-1)9-16-13-5-6-15-10-13/h3-4,8,13,15-16H,1-2,5-7,9-10H2. The van der Waals surface area contributed by atoms with Crippen molar-refractivity contribution in [2.24, 2.45) is 0 Å². The minimum atomic E-state index is 0.641. The van der Waals surface area contributed by atoms with E-state index in [4.69, 9.17) is 4.74 Å². The van der Waals surface area contributed by atoms with E-state index in [1.807, 2.05) is 0 Å². The molecule has 2 N–H and O–H groups in total. The van der Waals surface area contributed by atoms with Gasteiger partial charge in [0.2, 0.25) is 0 Å². The Kier molecular flexibility index (Phi) is 3.29. The number of nitrogens with one attached hydrogen (secondary N) is 2. The van der Waals surface area contributed by atoms with Crippen molar-refractivity contribution in [3.05, 3.63) is 29.3 Å². The second-order valence-corrected chi connectivity index (χ2v) is 4.96. The Bertz CT molecular complexity index is 386. The van der Waals surface area contributed by atoms with Crippen molar-refractivity contribution in [3.8, 4) is 5.75 Å². The van der Waals surface area contributed by atoms with E-state index in [1.54, 1.807) is 0 Å². The SMILES string of the molecule is c1cc2c(cc1CNC1CCNC1)CCCO2. The van der Waals surface area contributed by atoms with Crippen molar-refractivity contribution < 1.29 is 4.74 Å². The molecule has 17 heavy (non-hydrogen) atoms. The molecule has 0 saturated carbocycles. The smallest absolute Gasteiger partial charge is 0.122 e. The van der Waals surface area contributed by atoms with Gasteiger partial charge >= 0.3 is 0 Å². The summed E-state index contributed by atoms with van der Waals surface area (Å²) in [4.78, 5) is 0. The highest BCUT2D eigenvalue weighted by molar-refractivity contribution is 5.38. The third kappa shape index (κ3) is 2.61. The first-order valence-corrected chi connectivity index (χ1v) is 6.60. The zero-order chi connectivity index (χ0) is 11.5. The largest absolute Gasteiger partial charge is 0.493 e. The molecule has 0 spiro atoms. The Morgan fingerprint density at radius 3 is 3.29 bits per heavy atom. The van der Waals surface area contributed by atoms with Crippen LogP contribution in [0.2, 0.25) is 0 Å². The van der Waals surface area contributed by atoms with Crippen LogP contribution in [0, 0.1) is 0 Å². The minimum absolute atomic E-state index is 0.641. The van der Waals surface area contributed by atoms with E-state index in [0.29, 0.717) is 6.04 Å². The number of rotatable bonds is 3. The molecule has 92 valence electrons. The fraction of sp³-hybridized carbons (Fsp3) is 0.571. The number of aryl methyl sites for hydroxylation is 1. The summed E-state index contributed by atoms with van der Waals surface area (Å²) in [6, 6.07) is 7.24. The Labute approximate surface area is 103 Å². The lowest BCUT2D eigenvalue weighted by Gasteiger charge is -2.18. The van der Waals surface area contributed by atoms with Crippen LogP contribution in [-0.2, 0) is 13.0 Å². The summed E-state index contributed by atoms with van der Waals surface area (Å²) in [5, 5.41) is 6.98. The van der Waals surface area contributed by atoms with Crippen molar-refractivity contribution in [1.82, 2.24) is 10.6 Å². The Balaban J connectivity index is 1.62. The highest BCUT2D eigenvalue weighted by Gasteiger charge is 2.14. The molecule has 0 aromatic heterocycles. The topological polar surface area (TPSA) is 33.3 Å². The zero-order valence-corrected chi connectivity index (χ0v) is 10.2. The second kappa shape index (κ2) is 5.07. The molecule has 3 rings (SSSR count). The van der Waals surface area contributed by atoms with E-state index < -0.39 is 0 Å². The van der Waals surface area contributed by atoms with Gasteiger partial charge in [-0.3, -0.25) is 0 Å². The predicted molar refractivity (Wildman–Crippen MR) is 68.4 cm³/mol. The first-order chi connectivity index (χ1) is 8.42. The second-order valence-electron chi connectivity index (χ2n) is 4.96. The van der Waals surface area contributed by atoms with E-state index in [-0.39, 0.29) is 0 Å². The van der Waals surface area contributed by atoms with E-state index in [0.717, 1.165) is 44.8 Å². The number of hydrogen-bond donors (Lipinski definition) is 2. The van der Waals surface area contributed by atoms with E-state index in [9.17, 15) is 0 Å². The Morgan fingerprint density at radius 2 is 2.41 bits per heavy atom. The van der Waals surface area contributed by atoms with Crippen LogP contribution >= 0.6 is 0 Å². The van der Waals surface area contributed by atoms with Crippen LogP contribution in [0.3, 0.4) is 0 Å². The van der Waals surface area contributed by atoms with Gasteiger partial charge in [0.05, 0.1) is 6.61 Å². The molecule has 2 heterocycles. The van der Waals surface area contributed by atoms with Crippen LogP contribution in [0.15, 0.2) is 18.2 Å². The predicted octanol–water partition coefficient (Wildman–Crippen LogP) is 1.46. The summed E-state index contributed by atoms with van der Waals surface area (Å²) in [5.74, 6) is 1.09. The van der Waals surface area contributed by atoms with Crippen molar-refractivity contribution in [2.45, 2.75) is 31.8 Å². The fourth-order valence-electron chi connectivity index (χ4n) is 2.61. The monoisotopic (exact) mass is 232 g/mol. The lowest BCUT2D eigenvalue weighted by atomic mass is 10.0. The summed E-state index contributed by atoms with van der Waals surface area (Å²) < 4.78 is 5.63. The molecule has 3 heteroatoms. The molecule has 0 radical (unpaired) electrons. The van der Waals surface area contributed by atoms with Gasteiger partial charge in [-0.1, -0.05) is 12.1 Å². The van der Waals surface area contributed by atoms with E-state index >= 15 is 0 Å². The molecule has 0 amide bonds. The minimum Gasteiger partial charge on any atom is -0.493 e. The summed E-state index contributed by atoms with van der Waals surface area (Å²) in [6.07, 6.45) is 3.55. The van der Waals surface area contributed by atoms with Crippen LogP contribution in [0.1, 0.15) is 24.0 Å². The van der Waals surface area contributed by atoms with Crippen LogP contribution in [0.25, 0.3) is 0 Å². The molecule has 1 unspecified atom stereocenters. The van der Waals surface area contributed by atoms with Gasteiger partial charge < -0.3 is 15.4 Å². The molecule has 2 aliphatic heterocycles. The average Bonchev–Trinajstić information content (AvgIpc) is 2.89. The quantitative estimate of drug-likeness (QED) is 0.828. The lowest BCUT2D eigenvalue weighted by Crippen LogP contribution is -2.30. The molecule has 1 aromatic rings. The number of hydrogen-bond acceptors (Lipinski definition) is 3. The summed E-state index contributed by atoms with van der Waals surface area (Å²) >= 11 is 0. The number of ether oxygens (including phenoxy) is 1.